The number of benzene rings is 2. The van der Waals surface area contributed by atoms with Crippen molar-refractivity contribution in [2.75, 3.05) is 5.75 Å². The van der Waals surface area contributed by atoms with Gasteiger partial charge in [0.1, 0.15) is 5.75 Å². The molecule has 2 aromatic carbocycles. The van der Waals surface area contributed by atoms with Crippen LogP contribution in [0.5, 0.6) is 5.75 Å². The maximum Gasteiger partial charge on any atom is 0.321 e. The van der Waals surface area contributed by atoms with Crippen LogP contribution in [0.2, 0.25) is 0 Å². The van der Waals surface area contributed by atoms with Crippen LogP contribution in [-0.2, 0) is 4.79 Å². The summed E-state index contributed by atoms with van der Waals surface area (Å²) in [5, 5.41) is 9.24. The number of aromatic nitrogens is 4. The lowest BCUT2D eigenvalue weighted by molar-refractivity contribution is -0.131. The minimum absolute atomic E-state index is 0.117. The molecule has 0 saturated carbocycles. The van der Waals surface area contributed by atoms with E-state index >= 15 is 0 Å². The number of aryl methyl sites for hydroxylation is 1. The molecule has 0 amide bonds. The maximum absolute atomic E-state index is 12.3. The first-order chi connectivity index (χ1) is 14.2. The zero-order valence-electron chi connectivity index (χ0n) is 15.7. The zero-order chi connectivity index (χ0) is 20.1. The van der Waals surface area contributed by atoms with E-state index in [-0.39, 0.29) is 11.7 Å². The number of thioether (sulfide) groups is 1. The monoisotopic (exact) mass is 402 g/mol. The molecule has 7 heteroatoms. The number of carbonyl (C=O) groups is 1. The molecule has 144 valence electrons. The Morgan fingerprint density at radius 2 is 1.79 bits per heavy atom. The second kappa shape index (κ2) is 8.70. The van der Waals surface area contributed by atoms with Gasteiger partial charge in [0.2, 0.25) is 0 Å². The van der Waals surface area contributed by atoms with E-state index in [1.807, 2.05) is 66.1 Å². The van der Waals surface area contributed by atoms with Crippen LogP contribution < -0.4 is 4.74 Å². The van der Waals surface area contributed by atoms with Crippen molar-refractivity contribution in [3.05, 3.63) is 84.7 Å². The highest BCUT2D eigenvalue weighted by atomic mass is 32.2. The standard InChI is InChI=1S/C22H18N4O2S/c1-16-9-11-19(12-10-16)28-20(27)15-29-22-25-24-21(17-6-5-13-23-14-17)26(22)18-7-3-2-4-8-18/h2-14H,15H2,1H3. The van der Waals surface area contributed by atoms with Gasteiger partial charge < -0.3 is 4.74 Å². The highest BCUT2D eigenvalue weighted by Crippen LogP contribution is 2.27. The molecule has 6 nitrogen and oxygen atoms in total. The highest BCUT2D eigenvalue weighted by molar-refractivity contribution is 7.99. The summed E-state index contributed by atoms with van der Waals surface area (Å²) in [5.74, 6) is 0.969. The van der Waals surface area contributed by atoms with Gasteiger partial charge in [-0.3, -0.25) is 14.3 Å². The summed E-state index contributed by atoms with van der Waals surface area (Å²) < 4.78 is 7.32. The molecule has 0 radical (unpaired) electrons. The molecular weight excluding hydrogens is 384 g/mol. The molecule has 0 saturated heterocycles. The average Bonchev–Trinajstić information content (AvgIpc) is 3.19. The van der Waals surface area contributed by atoms with Crippen LogP contribution in [-0.4, -0.2) is 31.5 Å². The van der Waals surface area contributed by atoms with Gasteiger partial charge in [-0.2, -0.15) is 0 Å². The van der Waals surface area contributed by atoms with E-state index < -0.39 is 0 Å². The number of hydrogen-bond acceptors (Lipinski definition) is 6. The van der Waals surface area contributed by atoms with Crippen LogP contribution in [0.15, 0.2) is 84.3 Å². The fraction of sp³-hybridized carbons (Fsp3) is 0.0909. The smallest absolute Gasteiger partial charge is 0.321 e. The van der Waals surface area contributed by atoms with Crippen LogP contribution in [0.1, 0.15) is 5.56 Å². The second-order valence-electron chi connectivity index (χ2n) is 6.29. The van der Waals surface area contributed by atoms with Crippen LogP contribution in [0.3, 0.4) is 0 Å². The van der Waals surface area contributed by atoms with Crippen molar-refractivity contribution in [3.63, 3.8) is 0 Å². The van der Waals surface area contributed by atoms with Gasteiger partial charge in [0.15, 0.2) is 11.0 Å². The average molecular weight is 402 g/mol. The third-order valence-electron chi connectivity index (χ3n) is 4.14. The molecule has 0 bridgehead atoms. The number of carbonyl (C=O) groups excluding carboxylic acids is 1. The number of rotatable bonds is 6. The van der Waals surface area contributed by atoms with Gasteiger partial charge in [-0.15, -0.1) is 10.2 Å². The van der Waals surface area contributed by atoms with Gasteiger partial charge in [-0.1, -0.05) is 47.7 Å². The SMILES string of the molecule is Cc1ccc(OC(=O)CSc2nnc(-c3cccnc3)n2-c2ccccc2)cc1. The molecule has 0 aliphatic carbocycles. The molecule has 4 aromatic rings. The molecule has 0 fully saturated rings. The van der Waals surface area contributed by atoms with Crippen LogP contribution >= 0.6 is 11.8 Å². The first-order valence-electron chi connectivity index (χ1n) is 9.02. The number of esters is 1. The Morgan fingerprint density at radius 1 is 1.00 bits per heavy atom. The summed E-state index contributed by atoms with van der Waals surface area (Å²) in [4.78, 5) is 16.5. The summed E-state index contributed by atoms with van der Waals surface area (Å²) >= 11 is 1.28. The van der Waals surface area contributed by atoms with Gasteiger partial charge >= 0.3 is 5.97 Å². The lowest BCUT2D eigenvalue weighted by Gasteiger charge is -2.10. The molecule has 0 unspecified atom stereocenters. The van der Waals surface area contributed by atoms with Crippen LogP contribution in [0.25, 0.3) is 17.1 Å². The predicted molar refractivity (Wildman–Crippen MR) is 112 cm³/mol. The van der Waals surface area contributed by atoms with Crippen molar-refractivity contribution in [1.82, 2.24) is 19.7 Å². The fourth-order valence-corrected chi connectivity index (χ4v) is 3.47. The number of nitrogens with zero attached hydrogens (tertiary/aromatic N) is 4. The molecule has 4 rings (SSSR count). The topological polar surface area (TPSA) is 69.9 Å². The molecule has 2 aromatic heterocycles. The Bertz CT molecular complexity index is 1100. The Morgan fingerprint density at radius 3 is 2.52 bits per heavy atom. The quantitative estimate of drug-likeness (QED) is 0.272. The minimum Gasteiger partial charge on any atom is -0.426 e. The van der Waals surface area contributed by atoms with Crippen molar-refractivity contribution in [2.24, 2.45) is 0 Å². The lowest BCUT2D eigenvalue weighted by atomic mass is 10.2. The molecule has 0 aliphatic rings. The van der Waals surface area contributed by atoms with Gasteiger partial charge in [0.05, 0.1) is 5.75 Å². The predicted octanol–water partition coefficient (Wildman–Crippen LogP) is 4.34. The maximum atomic E-state index is 12.3. The van der Waals surface area contributed by atoms with E-state index in [9.17, 15) is 4.79 Å². The summed E-state index contributed by atoms with van der Waals surface area (Å²) in [5.41, 5.74) is 2.86. The van der Waals surface area contributed by atoms with Crippen molar-refractivity contribution in [1.29, 1.82) is 0 Å². The second-order valence-corrected chi connectivity index (χ2v) is 7.24. The van der Waals surface area contributed by atoms with Gasteiger partial charge in [-0.25, -0.2) is 0 Å². The molecule has 0 spiro atoms. The van der Waals surface area contributed by atoms with Gasteiger partial charge in [-0.05, 0) is 43.3 Å². The molecule has 0 atom stereocenters. The molecular formula is C22H18N4O2S. The first kappa shape index (κ1) is 18.9. The van der Waals surface area contributed by atoms with Crippen molar-refractivity contribution >= 4 is 17.7 Å². The Labute approximate surface area is 172 Å². The molecule has 0 aliphatic heterocycles. The Balaban J connectivity index is 1.56. The van der Waals surface area contributed by atoms with E-state index in [2.05, 4.69) is 15.2 Å². The number of pyridine rings is 1. The Hall–Kier alpha value is -3.45. The van der Waals surface area contributed by atoms with E-state index in [0.717, 1.165) is 16.8 Å². The number of para-hydroxylation sites is 1. The number of ether oxygens (including phenoxy) is 1. The molecule has 29 heavy (non-hydrogen) atoms. The van der Waals surface area contributed by atoms with Crippen molar-refractivity contribution < 1.29 is 9.53 Å². The summed E-state index contributed by atoms with van der Waals surface area (Å²) in [7, 11) is 0. The first-order valence-corrected chi connectivity index (χ1v) is 10.0. The van der Waals surface area contributed by atoms with E-state index in [1.165, 1.54) is 11.8 Å². The third-order valence-corrected chi connectivity index (χ3v) is 5.04. The van der Waals surface area contributed by atoms with Gasteiger partial charge in [0, 0.05) is 23.6 Å². The third kappa shape index (κ3) is 4.52. The molecule has 0 N–H and O–H groups in total. The van der Waals surface area contributed by atoms with Gasteiger partial charge in [0.25, 0.3) is 0 Å². The van der Waals surface area contributed by atoms with E-state index in [4.69, 9.17) is 4.74 Å². The van der Waals surface area contributed by atoms with Crippen LogP contribution in [0, 0.1) is 6.92 Å². The molecule has 2 heterocycles. The summed E-state index contributed by atoms with van der Waals surface area (Å²) in [6, 6.07) is 20.9. The normalized spacial score (nSPS) is 10.7. The summed E-state index contributed by atoms with van der Waals surface area (Å²) in [6.45, 7) is 1.98. The van der Waals surface area contributed by atoms with E-state index in [1.54, 1.807) is 24.5 Å². The lowest BCUT2D eigenvalue weighted by Crippen LogP contribution is -2.11. The Kier molecular flexibility index (Phi) is 5.67. The number of hydrogen-bond donors (Lipinski definition) is 0. The van der Waals surface area contributed by atoms with E-state index in [0.29, 0.717) is 16.7 Å². The van der Waals surface area contributed by atoms with Crippen molar-refractivity contribution in [2.45, 2.75) is 12.1 Å². The largest absolute Gasteiger partial charge is 0.426 e. The zero-order valence-corrected chi connectivity index (χ0v) is 16.5. The summed E-state index contributed by atoms with van der Waals surface area (Å²) in [6.07, 6.45) is 3.45. The highest BCUT2D eigenvalue weighted by Gasteiger charge is 2.17. The minimum atomic E-state index is -0.343. The fourth-order valence-electron chi connectivity index (χ4n) is 2.75. The van der Waals surface area contributed by atoms with Crippen LogP contribution in [0.4, 0.5) is 0 Å². The van der Waals surface area contributed by atoms with Crippen molar-refractivity contribution in [3.8, 4) is 22.8 Å².